The van der Waals surface area contributed by atoms with Crippen molar-refractivity contribution < 1.29 is 0 Å². The molecule has 0 spiro atoms. The Morgan fingerprint density at radius 2 is 2.05 bits per heavy atom. The van der Waals surface area contributed by atoms with Crippen LogP contribution in [-0.4, -0.2) is 22.6 Å². The lowest BCUT2D eigenvalue weighted by Crippen LogP contribution is -2.39. The van der Waals surface area contributed by atoms with Crippen molar-refractivity contribution in [3.8, 4) is 0 Å². The maximum Gasteiger partial charge on any atom is 0.107 e. The van der Waals surface area contributed by atoms with Gasteiger partial charge in [-0.15, -0.1) is 0 Å². The summed E-state index contributed by atoms with van der Waals surface area (Å²) in [6.07, 6.45) is 8.31. The largest absolute Gasteiger partial charge is 0.349 e. The van der Waals surface area contributed by atoms with Crippen LogP contribution < -0.4 is 5.32 Å². The lowest BCUT2D eigenvalue weighted by Gasteiger charge is -2.24. The van der Waals surface area contributed by atoms with Gasteiger partial charge in [0.05, 0.1) is 0 Å². The first kappa shape index (κ1) is 13.4. The van der Waals surface area contributed by atoms with Crippen molar-refractivity contribution in [2.24, 2.45) is 5.92 Å². The van der Waals surface area contributed by atoms with Gasteiger partial charge >= 0.3 is 0 Å². The lowest BCUT2D eigenvalue weighted by molar-refractivity contribution is 0.357. The zero-order valence-corrected chi connectivity index (χ0v) is 12.1. The maximum absolute atomic E-state index is 4.39. The van der Waals surface area contributed by atoms with Crippen LogP contribution in [0.1, 0.15) is 30.3 Å². The molecule has 0 saturated carbocycles. The van der Waals surface area contributed by atoms with Crippen LogP contribution in [-0.2, 0) is 19.3 Å². The molecule has 1 atom stereocenters. The standard InChI is InChI=1S/C17H23N3/c1-2-7-18-16(12-17-19-8-9-20-17)15-10-13-5-3-4-6-14(13)11-15/h3-6,8-9,15-16,18H,2,7,10-12H2,1H3,(H,19,20). The van der Waals surface area contributed by atoms with E-state index in [4.69, 9.17) is 0 Å². The van der Waals surface area contributed by atoms with Gasteiger partial charge in [0.15, 0.2) is 0 Å². The second-order valence-corrected chi connectivity index (χ2v) is 5.74. The third kappa shape index (κ3) is 2.93. The third-order valence-electron chi connectivity index (χ3n) is 4.28. The zero-order chi connectivity index (χ0) is 13.8. The lowest BCUT2D eigenvalue weighted by atomic mass is 9.93. The van der Waals surface area contributed by atoms with Crippen molar-refractivity contribution in [3.63, 3.8) is 0 Å². The first-order chi connectivity index (χ1) is 9.86. The second-order valence-electron chi connectivity index (χ2n) is 5.74. The van der Waals surface area contributed by atoms with E-state index in [1.54, 1.807) is 0 Å². The Morgan fingerprint density at radius 3 is 2.65 bits per heavy atom. The Bertz CT molecular complexity index is 508. The van der Waals surface area contributed by atoms with Gasteiger partial charge in [-0.25, -0.2) is 4.98 Å². The van der Waals surface area contributed by atoms with Crippen molar-refractivity contribution in [3.05, 3.63) is 53.6 Å². The molecule has 3 heteroatoms. The van der Waals surface area contributed by atoms with Crippen molar-refractivity contribution >= 4 is 0 Å². The van der Waals surface area contributed by atoms with Crippen LogP contribution in [0.2, 0.25) is 0 Å². The smallest absolute Gasteiger partial charge is 0.107 e. The van der Waals surface area contributed by atoms with Gasteiger partial charge in [-0.2, -0.15) is 0 Å². The molecule has 0 fully saturated rings. The summed E-state index contributed by atoms with van der Waals surface area (Å²) in [5, 5.41) is 3.72. The van der Waals surface area contributed by atoms with Crippen LogP contribution in [0.5, 0.6) is 0 Å². The van der Waals surface area contributed by atoms with E-state index >= 15 is 0 Å². The van der Waals surface area contributed by atoms with Gasteiger partial charge in [-0.05, 0) is 42.9 Å². The van der Waals surface area contributed by atoms with Crippen molar-refractivity contribution in [1.82, 2.24) is 15.3 Å². The Hall–Kier alpha value is -1.61. The minimum absolute atomic E-state index is 0.508. The minimum Gasteiger partial charge on any atom is -0.349 e. The van der Waals surface area contributed by atoms with Crippen LogP contribution in [0.4, 0.5) is 0 Å². The number of hydrogen-bond donors (Lipinski definition) is 2. The number of aromatic amines is 1. The molecule has 0 radical (unpaired) electrons. The van der Waals surface area contributed by atoms with E-state index in [-0.39, 0.29) is 0 Å². The first-order valence-electron chi connectivity index (χ1n) is 7.65. The van der Waals surface area contributed by atoms with Gasteiger partial charge in [0.25, 0.3) is 0 Å². The van der Waals surface area contributed by atoms with Gasteiger partial charge in [0.2, 0.25) is 0 Å². The van der Waals surface area contributed by atoms with E-state index in [0.717, 1.165) is 18.8 Å². The van der Waals surface area contributed by atoms with E-state index in [1.807, 2.05) is 12.4 Å². The van der Waals surface area contributed by atoms with Crippen LogP contribution in [0.15, 0.2) is 36.7 Å². The highest BCUT2D eigenvalue weighted by Gasteiger charge is 2.28. The predicted molar refractivity (Wildman–Crippen MR) is 81.7 cm³/mol. The number of rotatable bonds is 6. The normalized spacial score (nSPS) is 16.2. The van der Waals surface area contributed by atoms with E-state index in [1.165, 1.54) is 30.4 Å². The summed E-state index contributed by atoms with van der Waals surface area (Å²) in [5.74, 6) is 1.78. The van der Waals surface area contributed by atoms with Gasteiger partial charge < -0.3 is 10.3 Å². The molecule has 0 aliphatic heterocycles. The average molecular weight is 269 g/mol. The number of hydrogen-bond acceptors (Lipinski definition) is 2. The second kappa shape index (κ2) is 6.23. The number of benzene rings is 1. The summed E-state index contributed by atoms with van der Waals surface area (Å²) in [6.45, 7) is 3.30. The van der Waals surface area contributed by atoms with E-state index in [9.17, 15) is 0 Å². The minimum atomic E-state index is 0.508. The summed E-state index contributed by atoms with van der Waals surface area (Å²) < 4.78 is 0. The molecule has 1 aliphatic carbocycles. The number of nitrogens with one attached hydrogen (secondary N) is 2. The fraction of sp³-hybridized carbons (Fsp3) is 0.471. The van der Waals surface area contributed by atoms with E-state index in [0.29, 0.717) is 12.0 Å². The van der Waals surface area contributed by atoms with Gasteiger partial charge in [0, 0.05) is 24.9 Å². The van der Waals surface area contributed by atoms with Gasteiger partial charge in [-0.1, -0.05) is 31.2 Å². The summed E-state index contributed by atoms with van der Waals surface area (Å²) in [5.41, 5.74) is 3.06. The van der Waals surface area contributed by atoms with Crippen molar-refractivity contribution in [1.29, 1.82) is 0 Å². The maximum atomic E-state index is 4.39. The quantitative estimate of drug-likeness (QED) is 0.846. The molecule has 1 aliphatic rings. The average Bonchev–Trinajstić information content (AvgIpc) is 3.12. The number of aromatic nitrogens is 2. The summed E-state index contributed by atoms with van der Waals surface area (Å²) >= 11 is 0. The van der Waals surface area contributed by atoms with Crippen LogP contribution >= 0.6 is 0 Å². The number of H-pyrrole nitrogens is 1. The van der Waals surface area contributed by atoms with E-state index < -0.39 is 0 Å². The first-order valence-corrected chi connectivity index (χ1v) is 7.65. The Labute approximate surface area is 120 Å². The summed E-state index contributed by atoms with van der Waals surface area (Å²) in [4.78, 5) is 7.63. The zero-order valence-electron chi connectivity index (χ0n) is 12.1. The molecule has 0 amide bonds. The molecule has 1 aromatic carbocycles. The molecule has 106 valence electrons. The Morgan fingerprint density at radius 1 is 1.30 bits per heavy atom. The van der Waals surface area contributed by atoms with Gasteiger partial charge in [-0.3, -0.25) is 0 Å². The molecule has 0 saturated heterocycles. The van der Waals surface area contributed by atoms with E-state index in [2.05, 4.69) is 46.5 Å². The van der Waals surface area contributed by atoms with Crippen LogP contribution in [0.3, 0.4) is 0 Å². The third-order valence-corrected chi connectivity index (χ3v) is 4.28. The fourth-order valence-corrected chi connectivity index (χ4v) is 3.23. The van der Waals surface area contributed by atoms with Gasteiger partial charge in [0.1, 0.15) is 5.82 Å². The van der Waals surface area contributed by atoms with Crippen molar-refractivity contribution in [2.75, 3.05) is 6.54 Å². The molecule has 1 heterocycles. The summed E-state index contributed by atoms with van der Waals surface area (Å²) in [6, 6.07) is 9.37. The molecule has 1 unspecified atom stereocenters. The predicted octanol–water partition coefficient (Wildman–Crippen LogP) is 2.74. The topological polar surface area (TPSA) is 40.7 Å². The molecule has 0 bridgehead atoms. The monoisotopic (exact) mass is 269 g/mol. The molecule has 20 heavy (non-hydrogen) atoms. The van der Waals surface area contributed by atoms with Crippen molar-refractivity contribution in [2.45, 2.75) is 38.6 Å². The number of imidazole rings is 1. The van der Waals surface area contributed by atoms with Crippen LogP contribution in [0.25, 0.3) is 0 Å². The molecule has 3 nitrogen and oxygen atoms in total. The highest BCUT2D eigenvalue weighted by molar-refractivity contribution is 5.32. The molecular formula is C17H23N3. The Kier molecular flexibility index (Phi) is 4.16. The number of nitrogens with zero attached hydrogens (tertiary/aromatic N) is 1. The molecule has 3 rings (SSSR count). The highest BCUT2D eigenvalue weighted by Crippen LogP contribution is 2.29. The Balaban J connectivity index is 1.70. The SMILES string of the molecule is CCCNC(Cc1ncc[nH]1)C1Cc2ccccc2C1. The van der Waals surface area contributed by atoms with Crippen LogP contribution in [0, 0.1) is 5.92 Å². The molecular weight excluding hydrogens is 246 g/mol. The number of fused-ring (bicyclic) bond motifs is 1. The highest BCUT2D eigenvalue weighted by atomic mass is 14.9. The summed E-state index contributed by atoms with van der Waals surface area (Å²) in [7, 11) is 0. The molecule has 1 aromatic heterocycles. The molecule has 2 aromatic rings. The molecule has 2 N–H and O–H groups in total. The fourth-order valence-electron chi connectivity index (χ4n) is 3.23.